The Morgan fingerprint density at radius 1 is 1.30 bits per heavy atom. The molecule has 0 saturated carbocycles. The first kappa shape index (κ1) is 16.0. The van der Waals surface area contributed by atoms with Crippen LogP contribution in [0.3, 0.4) is 0 Å². The number of thiazole rings is 1. The van der Waals surface area contributed by atoms with E-state index >= 15 is 0 Å². The van der Waals surface area contributed by atoms with Crippen molar-refractivity contribution in [1.82, 2.24) is 4.98 Å². The Balaban J connectivity index is 1.90. The average Bonchev–Trinajstić information content (AvgIpc) is 3.00. The van der Waals surface area contributed by atoms with Crippen molar-refractivity contribution in [2.45, 2.75) is 25.2 Å². The van der Waals surface area contributed by atoms with Crippen LogP contribution in [0.5, 0.6) is 5.75 Å². The van der Waals surface area contributed by atoms with Crippen molar-refractivity contribution in [1.29, 1.82) is 0 Å². The fraction of sp³-hybridized carbons (Fsp3) is 0.412. The van der Waals surface area contributed by atoms with Crippen LogP contribution in [0.2, 0.25) is 0 Å². The van der Waals surface area contributed by atoms with Gasteiger partial charge in [0.2, 0.25) is 5.91 Å². The van der Waals surface area contributed by atoms with Crippen molar-refractivity contribution >= 4 is 22.4 Å². The number of amides is 1. The minimum atomic E-state index is -0.579. The molecular formula is C17H20N2O3S. The van der Waals surface area contributed by atoms with Crippen LogP contribution in [0.1, 0.15) is 24.1 Å². The maximum absolute atomic E-state index is 13.0. The van der Waals surface area contributed by atoms with Gasteiger partial charge in [0, 0.05) is 18.6 Å². The third-order valence-electron chi connectivity index (χ3n) is 4.26. The third kappa shape index (κ3) is 3.23. The molecule has 0 atom stereocenters. The molecule has 1 aromatic carbocycles. The SMILES string of the molecule is COc1ccc(C2(C(=O)Nc3nc(C)cs3)CCOCC2)cc1. The number of carbonyl (C=O) groups excluding carboxylic acids is 1. The molecule has 1 fully saturated rings. The quantitative estimate of drug-likeness (QED) is 0.934. The van der Waals surface area contributed by atoms with Gasteiger partial charge in [-0.3, -0.25) is 4.79 Å². The number of nitrogens with zero attached hydrogens (tertiary/aromatic N) is 1. The van der Waals surface area contributed by atoms with Crippen molar-refractivity contribution in [3.8, 4) is 5.75 Å². The van der Waals surface area contributed by atoms with Gasteiger partial charge >= 0.3 is 0 Å². The summed E-state index contributed by atoms with van der Waals surface area (Å²) >= 11 is 1.45. The van der Waals surface area contributed by atoms with E-state index in [0.717, 1.165) is 17.0 Å². The van der Waals surface area contributed by atoms with Gasteiger partial charge in [-0.15, -0.1) is 11.3 Å². The van der Waals surface area contributed by atoms with Crippen LogP contribution in [0.15, 0.2) is 29.6 Å². The van der Waals surface area contributed by atoms with Gasteiger partial charge in [0.25, 0.3) is 0 Å². The molecule has 0 bridgehead atoms. The molecule has 1 aliphatic rings. The zero-order valence-electron chi connectivity index (χ0n) is 13.3. The van der Waals surface area contributed by atoms with Gasteiger partial charge in [-0.05, 0) is 37.5 Å². The fourth-order valence-corrected chi connectivity index (χ4v) is 3.59. The summed E-state index contributed by atoms with van der Waals surface area (Å²) in [6.07, 6.45) is 1.32. The van der Waals surface area contributed by atoms with E-state index in [2.05, 4.69) is 10.3 Å². The lowest BCUT2D eigenvalue weighted by molar-refractivity contribution is -0.125. The first-order valence-electron chi connectivity index (χ1n) is 7.60. The van der Waals surface area contributed by atoms with E-state index < -0.39 is 5.41 Å². The monoisotopic (exact) mass is 332 g/mol. The van der Waals surface area contributed by atoms with Crippen LogP contribution in [0, 0.1) is 6.92 Å². The molecule has 5 nitrogen and oxygen atoms in total. The Hall–Kier alpha value is -1.92. The Bertz CT molecular complexity index is 675. The lowest BCUT2D eigenvalue weighted by atomic mass is 9.73. The molecule has 3 rings (SSSR count). The maximum Gasteiger partial charge on any atom is 0.236 e. The molecule has 2 aromatic rings. The predicted octanol–water partition coefficient (Wildman–Crippen LogP) is 3.15. The highest BCUT2D eigenvalue weighted by molar-refractivity contribution is 7.13. The van der Waals surface area contributed by atoms with Crippen LogP contribution in [-0.4, -0.2) is 31.2 Å². The van der Waals surface area contributed by atoms with E-state index in [-0.39, 0.29) is 5.91 Å². The Morgan fingerprint density at radius 3 is 2.57 bits per heavy atom. The summed E-state index contributed by atoms with van der Waals surface area (Å²) < 4.78 is 10.7. The number of hydrogen-bond acceptors (Lipinski definition) is 5. The van der Waals surface area contributed by atoms with Crippen molar-refractivity contribution in [2.24, 2.45) is 0 Å². The Morgan fingerprint density at radius 2 is 2.00 bits per heavy atom. The number of aromatic nitrogens is 1. The zero-order valence-corrected chi connectivity index (χ0v) is 14.1. The van der Waals surface area contributed by atoms with Crippen molar-refractivity contribution in [2.75, 3.05) is 25.6 Å². The minimum absolute atomic E-state index is 0.0136. The molecule has 122 valence electrons. The summed E-state index contributed by atoms with van der Waals surface area (Å²) in [5, 5.41) is 5.56. The van der Waals surface area contributed by atoms with E-state index in [1.807, 2.05) is 36.6 Å². The molecule has 0 radical (unpaired) electrons. The smallest absolute Gasteiger partial charge is 0.236 e. The molecule has 1 N–H and O–H groups in total. The van der Waals surface area contributed by atoms with Crippen molar-refractivity contribution < 1.29 is 14.3 Å². The highest BCUT2D eigenvalue weighted by atomic mass is 32.1. The second-order valence-corrected chi connectivity index (χ2v) is 6.53. The maximum atomic E-state index is 13.0. The van der Waals surface area contributed by atoms with E-state index in [1.54, 1.807) is 7.11 Å². The first-order chi connectivity index (χ1) is 11.1. The second-order valence-electron chi connectivity index (χ2n) is 5.67. The number of carbonyl (C=O) groups is 1. The summed E-state index contributed by atoms with van der Waals surface area (Å²) in [5.74, 6) is 0.771. The molecular weight excluding hydrogens is 312 g/mol. The highest BCUT2D eigenvalue weighted by Crippen LogP contribution is 2.37. The number of methoxy groups -OCH3 is 1. The van der Waals surface area contributed by atoms with E-state index in [9.17, 15) is 4.79 Å². The van der Waals surface area contributed by atoms with Gasteiger partial charge < -0.3 is 14.8 Å². The van der Waals surface area contributed by atoms with E-state index in [0.29, 0.717) is 31.2 Å². The summed E-state index contributed by atoms with van der Waals surface area (Å²) in [6, 6.07) is 7.73. The molecule has 23 heavy (non-hydrogen) atoms. The molecule has 1 aromatic heterocycles. The number of aryl methyl sites for hydroxylation is 1. The molecule has 1 aliphatic heterocycles. The number of anilines is 1. The first-order valence-corrected chi connectivity index (χ1v) is 8.48. The van der Waals surface area contributed by atoms with Crippen LogP contribution >= 0.6 is 11.3 Å². The summed E-state index contributed by atoms with van der Waals surface area (Å²) in [7, 11) is 1.64. The van der Waals surface area contributed by atoms with Crippen LogP contribution in [-0.2, 0) is 14.9 Å². The van der Waals surface area contributed by atoms with Crippen molar-refractivity contribution in [3.05, 3.63) is 40.9 Å². The van der Waals surface area contributed by atoms with Crippen LogP contribution < -0.4 is 10.1 Å². The largest absolute Gasteiger partial charge is 0.497 e. The molecule has 0 spiro atoms. The summed E-state index contributed by atoms with van der Waals surface area (Å²) in [6.45, 7) is 3.08. The lowest BCUT2D eigenvalue weighted by Crippen LogP contribution is -2.44. The molecule has 2 heterocycles. The molecule has 1 saturated heterocycles. The molecule has 0 unspecified atom stereocenters. The normalized spacial score (nSPS) is 16.8. The second kappa shape index (κ2) is 6.68. The van der Waals surface area contributed by atoms with Crippen LogP contribution in [0.25, 0.3) is 0 Å². The number of hydrogen-bond donors (Lipinski definition) is 1. The lowest BCUT2D eigenvalue weighted by Gasteiger charge is -2.36. The predicted molar refractivity (Wildman–Crippen MR) is 90.2 cm³/mol. The zero-order chi connectivity index (χ0) is 16.3. The van der Waals surface area contributed by atoms with Gasteiger partial charge in [-0.1, -0.05) is 12.1 Å². The molecule has 0 aliphatic carbocycles. The van der Waals surface area contributed by atoms with E-state index in [4.69, 9.17) is 9.47 Å². The minimum Gasteiger partial charge on any atom is -0.497 e. The van der Waals surface area contributed by atoms with E-state index in [1.165, 1.54) is 11.3 Å². The van der Waals surface area contributed by atoms with Crippen LogP contribution in [0.4, 0.5) is 5.13 Å². The highest BCUT2D eigenvalue weighted by Gasteiger charge is 2.42. The summed E-state index contributed by atoms with van der Waals surface area (Å²) in [4.78, 5) is 17.4. The molecule has 6 heteroatoms. The van der Waals surface area contributed by atoms with Gasteiger partial charge in [-0.25, -0.2) is 4.98 Å². The third-order valence-corrected chi connectivity index (χ3v) is 5.14. The fourth-order valence-electron chi connectivity index (χ4n) is 2.90. The number of ether oxygens (including phenoxy) is 2. The number of nitrogens with one attached hydrogen (secondary N) is 1. The van der Waals surface area contributed by atoms with Gasteiger partial charge in [0.05, 0.1) is 18.2 Å². The van der Waals surface area contributed by atoms with Crippen molar-refractivity contribution in [3.63, 3.8) is 0 Å². The van der Waals surface area contributed by atoms with Gasteiger partial charge in [0.1, 0.15) is 5.75 Å². The number of benzene rings is 1. The number of rotatable bonds is 4. The Labute approximate surface area is 139 Å². The van der Waals surface area contributed by atoms with Gasteiger partial charge in [0.15, 0.2) is 5.13 Å². The van der Waals surface area contributed by atoms with Gasteiger partial charge in [-0.2, -0.15) is 0 Å². The topological polar surface area (TPSA) is 60.5 Å². The Kier molecular flexibility index (Phi) is 4.63. The standard InChI is InChI=1S/C17H20N2O3S/c1-12-11-23-16(18-12)19-15(20)17(7-9-22-10-8-17)13-3-5-14(21-2)6-4-13/h3-6,11H,7-10H2,1-2H3,(H,18,19,20). The average molecular weight is 332 g/mol. The summed E-state index contributed by atoms with van der Waals surface area (Å²) in [5.41, 5.74) is 1.33. The molecule has 1 amide bonds.